The molecule has 4 heterocycles. The highest BCUT2D eigenvalue weighted by atomic mass is 32.2. The normalized spacial score (nSPS) is 27.0. The Hall–Kier alpha value is -2.37. The van der Waals surface area contributed by atoms with Gasteiger partial charge in [-0.25, -0.2) is 18.2 Å². The van der Waals surface area contributed by atoms with E-state index in [1.807, 2.05) is 16.7 Å². The molecule has 0 aliphatic carbocycles. The van der Waals surface area contributed by atoms with E-state index in [4.69, 9.17) is 19.2 Å². The second-order valence-electron chi connectivity index (χ2n) is 11.1. The van der Waals surface area contributed by atoms with Crippen molar-refractivity contribution in [2.24, 2.45) is 4.99 Å². The summed E-state index contributed by atoms with van der Waals surface area (Å²) in [4.78, 5) is 51.8. The van der Waals surface area contributed by atoms with Crippen LogP contribution in [0.25, 0.3) is 0 Å². The van der Waals surface area contributed by atoms with E-state index in [0.717, 1.165) is 26.2 Å². The summed E-state index contributed by atoms with van der Waals surface area (Å²) in [6.07, 6.45) is -0.559. The molecule has 238 valence electrons. The summed E-state index contributed by atoms with van der Waals surface area (Å²) in [5.74, 6) is -0.550. The summed E-state index contributed by atoms with van der Waals surface area (Å²) >= 11 is 0. The lowest BCUT2D eigenvalue weighted by Gasteiger charge is -2.33. The molecule has 0 bridgehead atoms. The van der Waals surface area contributed by atoms with Gasteiger partial charge in [-0.2, -0.15) is 0 Å². The number of hydrogen-bond acceptors (Lipinski definition) is 12. The van der Waals surface area contributed by atoms with Crippen LogP contribution in [0, 0.1) is 0 Å². The minimum absolute atomic E-state index is 0.00782. The van der Waals surface area contributed by atoms with Crippen LogP contribution in [0.1, 0.15) is 13.3 Å². The number of Topliss-reactive ketones (excluding diaryl/α,β-unsaturated/α-hetero) is 1. The Morgan fingerprint density at radius 3 is 2.40 bits per heavy atom. The molecule has 4 aliphatic heterocycles. The maximum atomic E-state index is 13.6. The minimum atomic E-state index is -3.13. The SMILES string of the molecule is CCC1OCC(=O)C1NC(=O)C(CN1CCS(=O)(=O)CC1)N=C(NC(=O)OCCN1CCN(C)CC1)N1CCOCC1. The van der Waals surface area contributed by atoms with Crippen LogP contribution in [0.2, 0.25) is 0 Å². The molecule has 0 saturated carbocycles. The van der Waals surface area contributed by atoms with Gasteiger partial charge in [-0.1, -0.05) is 6.92 Å². The van der Waals surface area contributed by atoms with Crippen molar-refractivity contribution in [2.75, 3.05) is 110 Å². The molecular weight excluding hydrogens is 570 g/mol. The lowest BCUT2D eigenvalue weighted by Crippen LogP contribution is -2.54. The zero-order valence-corrected chi connectivity index (χ0v) is 25.5. The van der Waals surface area contributed by atoms with E-state index in [0.29, 0.717) is 39.3 Å². The molecule has 0 aromatic rings. The number of nitrogens with one attached hydrogen (secondary N) is 2. The summed E-state index contributed by atoms with van der Waals surface area (Å²) in [6.45, 7) is 8.76. The Morgan fingerprint density at radius 2 is 1.74 bits per heavy atom. The van der Waals surface area contributed by atoms with Crippen LogP contribution in [0.3, 0.4) is 0 Å². The van der Waals surface area contributed by atoms with Gasteiger partial charge in [-0.15, -0.1) is 0 Å². The lowest BCUT2D eigenvalue weighted by atomic mass is 10.1. The monoisotopic (exact) mass is 615 g/mol. The molecule has 16 heteroatoms. The molecule has 15 nitrogen and oxygen atoms in total. The number of likely N-dealkylation sites (N-methyl/N-ethyl adjacent to an activating group) is 1. The quantitative estimate of drug-likeness (QED) is 0.209. The van der Waals surface area contributed by atoms with Gasteiger partial charge < -0.3 is 29.3 Å². The molecule has 42 heavy (non-hydrogen) atoms. The first-order valence-corrected chi connectivity index (χ1v) is 16.6. The Balaban J connectivity index is 1.47. The topological polar surface area (TPSA) is 162 Å². The van der Waals surface area contributed by atoms with Gasteiger partial charge >= 0.3 is 6.09 Å². The molecule has 3 unspecified atom stereocenters. The van der Waals surface area contributed by atoms with E-state index < -0.39 is 40.0 Å². The van der Waals surface area contributed by atoms with Gasteiger partial charge in [-0.3, -0.25) is 24.7 Å². The van der Waals surface area contributed by atoms with Gasteiger partial charge in [0.25, 0.3) is 0 Å². The number of morpholine rings is 1. The van der Waals surface area contributed by atoms with Gasteiger partial charge in [-0.05, 0) is 13.5 Å². The van der Waals surface area contributed by atoms with Crippen molar-refractivity contribution in [1.82, 2.24) is 30.2 Å². The minimum Gasteiger partial charge on any atom is -0.448 e. The Morgan fingerprint density at radius 1 is 1.05 bits per heavy atom. The fourth-order valence-corrected chi connectivity index (χ4v) is 6.58. The number of aliphatic imine (C=N–C) groups is 1. The average Bonchev–Trinajstić information content (AvgIpc) is 3.33. The van der Waals surface area contributed by atoms with Crippen molar-refractivity contribution in [1.29, 1.82) is 0 Å². The third kappa shape index (κ3) is 9.57. The number of ether oxygens (including phenoxy) is 3. The zero-order chi connectivity index (χ0) is 30.1. The van der Waals surface area contributed by atoms with Crippen LogP contribution in [0.5, 0.6) is 0 Å². The Labute approximate surface area is 247 Å². The third-order valence-corrected chi connectivity index (χ3v) is 9.68. The van der Waals surface area contributed by atoms with Crippen molar-refractivity contribution in [2.45, 2.75) is 31.5 Å². The fourth-order valence-electron chi connectivity index (χ4n) is 5.30. The van der Waals surface area contributed by atoms with Gasteiger partial charge in [0.2, 0.25) is 11.9 Å². The smallest absolute Gasteiger partial charge is 0.414 e. The highest BCUT2D eigenvalue weighted by molar-refractivity contribution is 7.91. The Bertz CT molecular complexity index is 1060. The molecule has 0 aromatic carbocycles. The van der Waals surface area contributed by atoms with Gasteiger partial charge in [0.1, 0.15) is 25.3 Å². The van der Waals surface area contributed by atoms with Crippen LogP contribution in [-0.4, -0.2) is 180 Å². The van der Waals surface area contributed by atoms with Crippen LogP contribution in [0.4, 0.5) is 4.79 Å². The maximum Gasteiger partial charge on any atom is 0.414 e. The number of carbonyl (C=O) groups excluding carboxylic acids is 3. The third-order valence-electron chi connectivity index (χ3n) is 8.07. The number of hydrogen-bond donors (Lipinski definition) is 2. The number of ketones is 1. The van der Waals surface area contributed by atoms with Gasteiger partial charge in [0.15, 0.2) is 15.6 Å². The fraction of sp³-hybridized carbons (Fsp3) is 0.846. The Kier molecular flexibility index (Phi) is 11.9. The number of piperazine rings is 1. The number of rotatable bonds is 9. The van der Waals surface area contributed by atoms with Crippen molar-refractivity contribution < 1.29 is 37.0 Å². The largest absolute Gasteiger partial charge is 0.448 e. The summed E-state index contributed by atoms with van der Waals surface area (Å²) in [5.41, 5.74) is 0. The number of nitrogens with zero attached hydrogens (tertiary/aromatic N) is 5. The van der Waals surface area contributed by atoms with Gasteiger partial charge in [0, 0.05) is 65.4 Å². The molecule has 0 spiro atoms. The molecule has 3 atom stereocenters. The molecule has 2 amide bonds. The van der Waals surface area contributed by atoms with E-state index >= 15 is 0 Å². The molecule has 2 N–H and O–H groups in total. The highest BCUT2D eigenvalue weighted by Gasteiger charge is 2.38. The average molecular weight is 616 g/mol. The molecule has 0 aromatic heterocycles. The number of sulfone groups is 1. The number of guanidine groups is 1. The molecule has 4 rings (SSSR count). The van der Waals surface area contributed by atoms with Crippen LogP contribution in [-0.2, 0) is 33.6 Å². The summed E-state index contributed by atoms with van der Waals surface area (Å²) in [6, 6.07) is -1.82. The van der Waals surface area contributed by atoms with Crippen LogP contribution in [0.15, 0.2) is 4.99 Å². The van der Waals surface area contributed by atoms with E-state index in [-0.39, 0.29) is 56.1 Å². The molecule has 4 fully saturated rings. The number of amides is 2. The van der Waals surface area contributed by atoms with Crippen LogP contribution >= 0.6 is 0 Å². The van der Waals surface area contributed by atoms with Crippen molar-refractivity contribution in [3.8, 4) is 0 Å². The van der Waals surface area contributed by atoms with Crippen LogP contribution < -0.4 is 10.6 Å². The maximum absolute atomic E-state index is 13.6. The van der Waals surface area contributed by atoms with Crippen molar-refractivity contribution in [3.05, 3.63) is 0 Å². The molecule has 4 aliphatic rings. The summed E-state index contributed by atoms with van der Waals surface area (Å²) < 4.78 is 40.4. The second-order valence-corrected chi connectivity index (χ2v) is 13.4. The highest BCUT2D eigenvalue weighted by Crippen LogP contribution is 2.15. The van der Waals surface area contributed by atoms with Crippen molar-refractivity contribution in [3.63, 3.8) is 0 Å². The van der Waals surface area contributed by atoms with Crippen molar-refractivity contribution >= 4 is 33.6 Å². The van der Waals surface area contributed by atoms with E-state index in [1.165, 1.54) is 0 Å². The van der Waals surface area contributed by atoms with Gasteiger partial charge in [0.05, 0.1) is 30.8 Å². The number of carbonyl (C=O) groups is 3. The van der Waals surface area contributed by atoms with E-state index in [9.17, 15) is 22.8 Å². The number of alkyl carbamates (subject to hydrolysis) is 1. The first-order chi connectivity index (χ1) is 20.1. The van der Waals surface area contributed by atoms with E-state index in [1.54, 1.807) is 0 Å². The molecule has 4 saturated heterocycles. The first kappa shape index (κ1) is 32.5. The predicted octanol–water partition coefficient (Wildman–Crippen LogP) is -2.39. The first-order valence-electron chi connectivity index (χ1n) is 14.8. The zero-order valence-electron chi connectivity index (χ0n) is 24.7. The molecular formula is C26H45N7O8S. The summed E-state index contributed by atoms with van der Waals surface area (Å²) in [7, 11) is -1.05. The standard InChI is InChI=1S/C26H45N7O8S/c1-3-22-23(21(34)19-41-22)28-24(35)20(18-32-11-16-42(37,38)17-12-32)27-25(33-9-13-39-14-10-33)29-26(36)40-15-8-31-6-4-30(2)5-7-31/h20,22-23H,3-19H2,1-2H3,(H,28,35)(H,27,29,36). The second kappa shape index (κ2) is 15.4. The lowest BCUT2D eigenvalue weighted by molar-refractivity contribution is -0.127. The van der Waals surface area contributed by atoms with E-state index in [2.05, 4.69) is 27.5 Å². The predicted molar refractivity (Wildman–Crippen MR) is 154 cm³/mol. The summed E-state index contributed by atoms with van der Waals surface area (Å²) in [5, 5.41) is 5.55. The molecule has 0 radical (unpaired) electrons.